The number of rotatable bonds is 8. The molecule has 0 atom stereocenters. The van der Waals surface area contributed by atoms with Gasteiger partial charge in [0.15, 0.2) is 0 Å². The average Bonchev–Trinajstić information content (AvgIpc) is 2.83. The summed E-state index contributed by atoms with van der Waals surface area (Å²) in [5.74, 6) is -0.901. The molecule has 0 aromatic carbocycles. The zero-order valence-electron chi connectivity index (χ0n) is 21.6. The number of pyridine rings is 3. The highest BCUT2D eigenvalue weighted by Gasteiger charge is 2.26. The van der Waals surface area contributed by atoms with Crippen LogP contribution in [0, 0.1) is 12.7 Å². The third-order valence-corrected chi connectivity index (χ3v) is 6.30. The molecule has 1 amide bonds. The van der Waals surface area contributed by atoms with Crippen LogP contribution >= 0.6 is 23.2 Å². The number of halogens is 3. The Hall–Kier alpha value is -3.53. The molecule has 3 heterocycles. The van der Waals surface area contributed by atoms with E-state index in [0.717, 1.165) is 12.3 Å². The van der Waals surface area contributed by atoms with E-state index in [-0.39, 0.29) is 39.5 Å². The van der Waals surface area contributed by atoms with Gasteiger partial charge in [-0.1, -0.05) is 29.8 Å². The van der Waals surface area contributed by atoms with E-state index in [4.69, 9.17) is 27.9 Å². The monoisotopic (exact) mass is 560 g/mol. The molecule has 38 heavy (non-hydrogen) atoms. The highest BCUT2D eigenvalue weighted by Crippen LogP contribution is 2.29. The number of aromatic nitrogens is 3. The summed E-state index contributed by atoms with van der Waals surface area (Å²) in [6, 6.07) is 5.83. The highest BCUT2D eigenvalue weighted by molar-refractivity contribution is 6.44. The second-order valence-electron chi connectivity index (χ2n) is 9.10. The fraction of sp³-hybridized carbons (Fsp3) is 0.259. The van der Waals surface area contributed by atoms with Gasteiger partial charge in [-0.15, -0.1) is 0 Å². The SMILES string of the molecule is C=C(C)N(C(=O)/C(Cl)=C(\C)OCc1ncc(F)cc1Cl)c1cc(-n2cccc(C(C)(C)O)c2=O)ncc1C. The van der Waals surface area contributed by atoms with Crippen LogP contribution in [0.3, 0.4) is 0 Å². The fourth-order valence-electron chi connectivity index (χ4n) is 3.54. The molecule has 1 N–H and O–H groups in total. The minimum atomic E-state index is -1.36. The molecule has 0 saturated heterocycles. The number of carbonyl (C=O) groups is 1. The van der Waals surface area contributed by atoms with Crippen molar-refractivity contribution in [3.05, 3.63) is 104 Å². The first-order valence-electron chi connectivity index (χ1n) is 11.4. The number of allylic oxidation sites excluding steroid dienone is 2. The van der Waals surface area contributed by atoms with Crippen LogP contribution < -0.4 is 10.5 Å². The molecule has 0 unspecified atom stereocenters. The zero-order chi connectivity index (χ0) is 28.4. The van der Waals surface area contributed by atoms with E-state index in [1.165, 1.54) is 42.6 Å². The number of anilines is 1. The number of hydrogen-bond donors (Lipinski definition) is 1. The fourth-order valence-corrected chi connectivity index (χ4v) is 3.89. The molecule has 0 bridgehead atoms. The summed E-state index contributed by atoms with van der Waals surface area (Å²) in [5.41, 5.74) is -0.00513. The van der Waals surface area contributed by atoms with Gasteiger partial charge in [-0.25, -0.2) is 9.37 Å². The predicted octanol–water partition coefficient (Wildman–Crippen LogP) is 5.51. The number of aryl methyl sites for hydroxylation is 1. The molecule has 0 spiro atoms. The summed E-state index contributed by atoms with van der Waals surface area (Å²) in [5, 5.41) is 10.2. The van der Waals surface area contributed by atoms with Gasteiger partial charge in [0.2, 0.25) is 0 Å². The normalized spacial score (nSPS) is 12.1. The second kappa shape index (κ2) is 11.5. The van der Waals surface area contributed by atoms with E-state index in [9.17, 15) is 19.1 Å². The number of aliphatic hydroxyl groups is 1. The van der Waals surface area contributed by atoms with Crippen LogP contribution in [0.4, 0.5) is 10.1 Å². The Morgan fingerprint density at radius 3 is 2.55 bits per heavy atom. The first-order valence-corrected chi connectivity index (χ1v) is 12.2. The summed E-state index contributed by atoms with van der Waals surface area (Å²) in [4.78, 5) is 36.1. The third kappa shape index (κ3) is 6.30. The van der Waals surface area contributed by atoms with E-state index < -0.39 is 22.9 Å². The topological polar surface area (TPSA) is 97.5 Å². The van der Waals surface area contributed by atoms with E-state index in [1.54, 1.807) is 32.0 Å². The summed E-state index contributed by atoms with van der Waals surface area (Å²) in [7, 11) is 0. The van der Waals surface area contributed by atoms with Gasteiger partial charge in [-0.2, -0.15) is 0 Å². The number of nitrogens with zero attached hydrogens (tertiary/aromatic N) is 4. The Morgan fingerprint density at radius 2 is 1.95 bits per heavy atom. The van der Waals surface area contributed by atoms with E-state index >= 15 is 0 Å². The van der Waals surface area contributed by atoms with Crippen molar-refractivity contribution in [2.45, 2.75) is 46.8 Å². The molecule has 0 radical (unpaired) electrons. The smallest absolute Gasteiger partial charge is 0.277 e. The van der Waals surface area contributed by atoms with Gasteiger partial charge in [0.05, 0.1) is 28.2 Å². The Morgan fingerprint density at radius 1 is 1.26 bits per heavy atom. The largest absolute Gasteiger partial charge is 0.490 e. The van der Waals surface area contributed by atoms with Gasteiger partial charge in [-0.3, -0.25) is 24.0 Å². The predicted molar refractivity (Wildman–Crippen MR) is 145 cm³/mol. The molecule has 0 aliphatic carbocycles. The lowest BCUT2D eigenvalue weighted by Crippen LogP contribution is -2.32. The van der Waals surface area contributed by atoms with Crippen molar-refractivity contribution in [3.8, 4) is 5.82 Å². The van der Waals surface area contributed by atoms with Crippen LogP contribution in [0.2, 0.25) is 5.02 Å². The van der Waals surface area contributed by atoms with Crippen molar-refractivity contribution in [1.82, 2.24) is 14.5 Å². The van der Waals surface area contributed by atoms with Crippen molar-refractivity contribution < 1.29 is 19.0 Å². The summed E-state index contributed by atoms with van der Waals surface area (Å²) < 4.78 is 20.1. The lowest BCUT2D eigenvalue weighted by Gasteiger charge is -2.25. The average molecular weight is 561 g/mol. The third-order valence-electron chi connectivity index (χ3n) is 5.55. The molecule has 0 aliphatic rings. The van der Waals surface area contributed by atoms with Crippen molar-refractivity contribution in [2.75, 3.05) is 4.90 Å². The molecular formula is C27H27Cl2FN4O4. The minimum Gasteiger partial charge on any atom is -0.490 e. The van der Waals surface area contributed by atoms with E-state index in [1.807, 2.05) is 0 Å². The lowest BCUT2D eigenvalue weighted by molar-refractivity contribution is -0.114. The molecule has 11 heteroatoms. The van der Waals surface area contributed by atoms with Gasteiger partial charge >= 0.3 is 0 Å². The summed E-state index contributed by atoms with van der Waals surface area (Å²) in [6.07, 6.45) is 4.04. The number of hydrogen-bond acceptors (Lipinski definition) is 6. The lowest BCUT2D eigenvalue weighted by atomic mass is 10.0. The Kier molecular flexibility index (Phi) is 8.76. The second-order valence-corrected chi connectivity index (χ2v) is 9.89. The van der Waals surface area contributed by atoms with Gasteiger partial charge in [0, 0.05) is 29.7 Å². The summed E-state index contributed by atoms with van der Waals surface area (Å²) >= 11 is 12.4. The van der Waals surface area contributed by atoms with Gasteiger partial charge < -0.3 is 9.84 Å². The molecule has 3 rings (SSSR count). The van der Waals surface area contributed by atoms with Gasteiger partial charge in [0.25, 0.3) is 11.5 Å². The van der Waals surface area contributed by atoms with E-state index in [0.29, 0.717) is 16.9 Å². The standard InChI is InChI=1S/C27H27Cl2FN4O4/c1-15(2)34(26(36)24(29)17(4)38-14-21-20(28)10-18(30)13-31-21)22-11-23(32-12-16(22)3)33-9-7-8-19(25(33)35)27(5,6)37/h7-13,37H,1,14H2,2-6H3/b24-17-. The Labute approximate surface area is 229 Å². The molecule has 3 aromatic rings. The first-order chi connectivity index (χ1) is 17.7. The molecule has 8 nitrogen and oxygen atoms in total. The Bertz CT molecular complexity index is 1500. The molecular weight excluding hydrogens is 534 g/mol. The summed E-state index contributed by atoms with van der Waals surface area (Å²) in [6.45, 7) is 11.7. The maximum Gasteiger partial charge on any atom is 0.277 e. The van der Waals surface area contributed by atoms with Crippen LogP contribution in [-0.4, -0.2) is 25.5 Å². The molecule has 0 saturated carbocycles. The minimum absolute atomic E-state index is 0.0765. The van der Waals surface area contributed by atoms with Crippen LogP contribution in [-0.2, 0) is 21.7 Å². The van der Waals surface area contributed by atoms with Crippen LogP contribution in [0.5, 0.6) is 0 Å². The van der Waals surface area contributed by atoms with E-state index in [2.05, 4.69) is 16.5 Å². The van der Waals surface area contributed by atoms with Crippen molar-refractivity contribution in [2.24, 2.45) is 0 Å². The van der Waals surface area contributed by atoms with Crippen molar-refractivity contribution >= 4 is 34.8 Å². The highest BCUT2D eigenvalue weighted by atomic mass is 35.5. The molecule has 200 valence electrons. The number of carbonyl (C=O) groups excluding carboxylic acids is 1. The quantitative estimate of drug-likeness (QED) is 0.288. The molecule has 0 fully saturated rings. The molecule has 0 aliphatic heterocycles. The van der Waals surface area contributed by atoms with Crippen molar-refractivity contribution in [3.63, 3.8) is 0 Å². The first kappa shape index (κ1) is 29.0. The van der Waals surface area contributed by atoms with Crippen molar-refractivity contribution in [1.29, 1.82) is 0 Å². The zero-order valence-corrected chi connectivity index (χ0v) is 23.1. The molecule has 3 aromatic heterocycles. The van der Waals surface area contributed by atoms with Crippen LogP contribution in [0.15, 0.2) is 70.7 Å². The van der Waals surface area contributed by atoms with Gasteiger partial charge in [-0.05, 0) is 58.4 Å². The van der Waals surface area contributed by atoms with Crippen LogP contribution in [0.25, 0.3) is 5.82 Å². The maximum atomic E-state index is 13.5. The number of amides is 1. The maximum absolute atomic E-state index is 13.5. The Balaban J connectivity index is 1.98. The van der Waals surface area contributed by atoms with Crippen LogP contribution in [0.1, 0.15) is 44.5 Å². The van der Waals surface area contributed by atoms with Gasteiger partial charge in [0.1, 0.15) is 29.0 Å². The number of ether oxygens (including phenoxy) is 1.